The molecule has 0 aliphatic carbocycles. The van der Waals surface area contributed by atoms with Gasteiger partial charge in [-0.2, -0.15) is 4.99 Å². The SMILES string of the molecule is NC(/N=C/c1cc(Br)ccc1O)=N\c1nc2ccccc2c(=O)[nH]1. The molecule has 0 amide bonds. The van der Waals surface area contributed by atoms with E-state index < -0.39 is 0 Å². The van der Waals surface area contributed by atoms with Gasteiger partial charge in [0.1, 0.15) is 5.75 Å². The summed E-state index contributed by atoms with van der Waals surface area (Å²) in [5.41, 5.74) is 6.42. The third kappa shape index (κ3) is 3.49. The van der Waals surface area contributed by atoms with Gasteiger partial charge in [-0.05, 0) is 30.3 Å². The number of benzene rings is 2. The maximum atomic E-state index is 12.0. The molecule has 0 unspecified atom stereocenters. The molecule has 0 bridgehead atoms. The van der Waals surface area contributed by atoms with Gasteiger partial charge in [0.25, 0.3) is 5.56 Å². The van der Waals surface area contributed by atoms with E-state index in [9.17, 15) is 9.90 Å². The van der Waals surface area contributed by atoms with Crippen molar-refractivity contribution in [3.63, 3.8) is 0 Å². The van der Waals surface area contributed by atoms with Gasteiger partial charge in [-0.15, -0.1) is 0 Å². The van der Waals surface area contributed by atoms with Crippen molar-refractivity contribution in [1.82, 2.24) is 9.97 Å². The first kappa shape index (κ1) is 15.9. The first-order valence-electron chi connectivity index (χ1n) is 6.89. The number of nitrogens with two attached hydrogens (primary N) is 1. The Morgan fingerprint density at radius 1 is 1.29 bits per heavy atom. The molecule has 7 nitrogen and oxygen atoms in total. The number of nitrogens with one attached hydrogen (secondary N) is 1. The standard InChI is InChI=1S/C16H12BrN5O2/c17-10-5-6-13(23)9(7-10)8-19-15(18)22-16-20-12-4-2-1-3-11(12)14(24)21-16/h1-8,23H,(H3,18,20,21,22,24)/b19-8+. The molecule has 24 heavy (non-hydrogen) atoms. The van der Waals surface area contributed by atoms with Crippen LogP contribution in [0.1, 0.15) is 5.56 Å². The molecule has 0 aliphatic heterocycles. The number of phenols is 1. The summed E-state index contributed by atoms with van der Waals surface area (Å²) in [6.07, 6.45) is 1.37. The van der Waals surface area contributed by atoms with Crippen LogP contribution in [0.15, 0.2) is 61.7 Å². The minimum atomic E-state index is -0.305. The van der Waals surface area contributed by atoms with Crippen LogP contribution in [-0.4, -0.2) is 27.2 Å². The van der Waals surface area contributed by atoms with Crippen LogP contribution >= 0.6 is 15.9 Å². The Labute approximate surface area is 144 Å². The van der Waals surface area contributed by atoms with Crippen molar-refractivity contribution in [2.24, 2.45) is 15.7 Å². The number of halogens is 1. The van der Waals surface area contributed by atoms with Crippen LogP contribution in [0, 0.1) is 0 Å². The Morgan fingerprint density at radius 2 is 2.08 bits per heavy atom. The fraction of sp³-hybridized carbons (Fsp3) is 0. The number of phenolic OH excluding ortho intramolecular Hbond substituents is 1. The molecule has 4 N–H and O–H groups in total. The van der Waals surface area contributed by atoms with E-state index in [1.165, 1.54) is 12.3 Å². The second-order valence-corrected chi connectivity index (χ2v) is 5.75. The Morgan fingerprint density at radius 3 is 2.92 bits per heavy atom. The zero-order chi connectivity index (χ0) is 17.1. The third-order valence-electron chi connectivity index (χ3n) is 3.15. The summed E-state index contributed by atoms with van der Waals surface area (Å²) < 4.78 is 0.790. The molecular formula is C16H12BrN5O2. The summed E-state index contributed by atoms with van der Waals surface area (Å²) in [7, 11) is 0. The zero-order valence-corrected chi connectivity index (χ0v) is 13.9. The van der Waals surface area contributed by atoms with E-state index in [2.05, 4.69) is 35.9 Å². The smallest absolute Gasteiger partial charge is 0.260 e. The highest BCUT2D eigenvalue weighted by Gasteiger charge is 2.03. The van der Waals surface area contributed by atoms with Gasteiger partial charge in [-0.25, -0.2) is 9.98 Å². The number of nitrogens with zero attached hydrogens (tertiary/aromatic N) is 3. The average molecular weight is 386 g/mol. The number of rotatable bonds is 2. The van der Waals surface area contributed by atoms with Crippen LogP contribution < -0.4 is 11.3 Å². The molecule has 0 aliphatic rings. The monoisotopic (exact) mass is 385 g/mol. The van der Waals surface area contributed by atoms with Crippen LogP contribution in [0.2, 0.25) is 0 Å². The lowest BCUT2D eigenvalue weighted by molar-refractivity contribution is 0.474. The second kappa shape index (κ2) is 6.63. The summed E-state index contributed by atoms with van der Waals surface area (Å²) >= 11 is 3.30. The Balaban J connectivity index is 1.92. The average Bonchev–Trinajstić information content (AvgIpc) is 2.56. The normalized spacial score (nSPS) is 12.1. The van der Waals surface area contributed by atoms with E-state index in [1.807, 2.05) is 0 Å². The van der Waals surface area contributed by atoms with Crippen LogP contribution in [0.3, 0.4) is 0 Å². The highest BCUT2D eigenvalue weighted by Crippen LogP contribution is 2.20. The van der Waals surface area contributed by atoms with Crippen molar-refractivity contribution in [1.29, 1.82) is 0 Å². The lowest BCUT2D eigenvalue weighted by Crippen LogP contribution is -2.11. The Hall–Kier alpha value is -3.00. The van der Waals surface area contributed by atoms with Crippen LogP contribution in [0.4, 0.5) is 5.95 Å². The fourth-order valence-corrected chi connectivity index (χ4v) is 2.41. The number of fused-ring (bicyclic) bond motifs is 1. The largest absolute Gasteiger partial charge is 0.507 e. The lowest BCUT2D eigenvalue weighted by Gasteiger charge is -2.00. The van der Waals surface area contributed by atoms with Gasteiger partial charge in [0, 0.05) is 16.3 Å². The van der Waals surface area contributed by atoms with Crippen molar-refractivity contribution >= 4 is 45.0 Å². The van der Waals surface area contributed by atoms with Gasteiger partial charge >= 0.3 is 0 Å². The highest BCUT2D eigenvalue weighted by molar-refractivity contribution is 9.10. The number of aromatic nitrogens is 2. The predicted molar refractivity (Wildman–Crippen MR) is 97.0 cm³/mol. The molecule has 120 valence electrons. The number of aromatic hydroxyl groups is 1. The van der Waals surface area contributed by atoms with Crippen molar-refractivity contribution in [2.75, 3.05) is 0 Å². The predicted octanol–water partition coefficient (Wildman–Crippen LogP) is 2.46. The topological polar surface area (TPSA) is 117 Å². The van der Waals surface area contributed by atoms with Gasteiger partial charge in [-0.1, -0.05) is 28.1 Å². The number of hydrogen-bond donors (Lipinski definition) is 3. The second-order valence-electron chi connectivity index (χ2n) is 4.84. The summed E-state index contributed by atoms with van der Waals surface area (Å²) in [4.78, 5) is 26.6. The van der Waals surface area contributed by atoms with E-state index in [0.29, 0.717) is 16.5 Å². The van der Waals surface area contributed by atoms with E-state index >= 15 is 0 Å². The van der Waals surface area contributed by atoms with E-state index in [1.54, 1.807) is 36.4 Å². The molecule has 0 fully saturated rings. The molecule has 8 heteroatoms. The molecule has 0 atom stereocenters. The van der Waals surface area contributed by atoms with Crippen molar-refractivity contribution in [2.45, 2.75) is 0 Å². The number of aromatic amines is 1. The van der Waals surface area contributed by atoms with E-state index in [-0.39, 0.29) is 23.2 Å². The zero-order valence-electron chi connectivity index (χ0n) is 12.3. The number of H-pyrrole nitrogens is 1. The molecule has 2 aromatic carbocycles. The first-order chi connectivity index (χ1) is 11.5. The fourth-order valence-electron chi connectivity index (χ4n) is 2.03. The first-order valence-corrected chi connectivity index (χ1v) is 7.68. The maximum Gasteiger partial charge on any atom is 0.260 e. The van der Waals surface area contributed by atoms with Gasteiger partial charge in [0.15, 0.2) is 0 Å². The summed E-state index contributed by atoms with van der Waals surface area (Å²) in [6, 6.07) is 11.8. The molecule has 1 aromatic heterocycles. The summed E-state index contributed by atoms with van der Waals surface area (Å²) in [6.45, 7) is 0. The molecule has 0 saturated heterocycles. The van der Waals surface area contributed by atoms with Crippen LogP contribution in [0.5, 0.6) is 5.75 Å². The minimum absolute atomic E-state index is 0.0619. The quantitative estimate of drug-likeness (QED) is 0.463. The molecular weight excluding hydrogens is 374 g/mol. The van der Waals surface area contributed by atoms with E-state index in [0.717, 1.165) is 4.47 Å². The molecule has 1 heterocycles. The van der Waals surface area contributed by atoms with E-state index in [4.69, 9.17) is 5.73 Å². The summed E-state index contributed by atoms with van der Waals surface area (Å²) in [5, 5.41) is 10.2. The molecule has 3 aromatic rings. The lowest BCUT2D eigenvalue weighted by atomic mass is 10.2. The van der Waals surface area contributed by atoms with Crippen LogP contribution in [-0.2, 0) is 0 Å². The van der Waals surface area contributed by atoms with Gasteiger partial charge < -0.3 is 10.8 Å². The highest BCUT2D eigenvalue weighted by atomic mass is 79.9. The summed E-state index contributed by atoms with van der Waals surface area (Å²) in [5.74, 6) is 0.0200. The molecule has 0 saturated carbocycles. The maximum absolute atomic E-state index is 12.0. The van der Waals surface area contributed by atoms with Crippen molar-refractivity contribution in [3.05, 3.63) is 62.9 Å². The number of aliphatic imine (C=N–C) groups is 2. The number of guanidine groups is 1. The molecule has 0 spiro atoms. The molecule has 3 rings (SSSR count). The van der Waals surface area contributed by atoms with Gasteiger partial charge in [-0.3, -0.25) is 9.78 Å². The minimum Gasteiger partial charge on any atom is -0.507 e. The van der Waals surface area contributed by atoms with Crippen LogP contribution in [0.25, 0.3) is 10.9 Å². The third-order valence-corrected chi connectivity index (χ3v) is 3.64. The Bertz CT molecular complexity index is 1030. The Kier molecular flexibility index (Phi) is 4.39. The van der Waals surface area contributed by atoms with Crippen molar-refractivity contribution < 1.29 is 5.11 Å². The number of hydrogen-bond acceptors (Lipinski definition) is 4. The van der Waals surface area contributed by atoms with Gasteiger partial charge in [0.2, 0.25) is 11.9 Å². The van der Waals surface area contributed by atoms with Gasteiger partial charge in [0.05, 0.1) is 10.9 Å². The van der Waals surface area contributed by atoms with Crippen molar-refractivity contribution in [3.8, 4) is 5.75 Å². The number of para-hydroxylation sites is 1. The molecule has 0 radical (unpaired) electrons.